The SMILES string of the molecule is O=P1(CCP2(=O)Oc3ccccc3-c3ccccc32)OC2=CCCC=C2c2ccccc21. The monoisotopic (exact) mass is 460 g/mol. The molecule has 32 heavy (non-hydrogen) atoms. The van der Waals surface area contributed by atoms with Crippen LogP contribution in [0.25, 0.3) is 16.7 Å². The molecule has 6 heteroatoms. The van der Waals surface area contributed by atoms with Gasteiger partial charge in [0.25, 0.3) is 14.7 Å². The van der Waals surface area contributed by atoms with Gasteiger partial charge in [-0.1, -0.05) is 60.7 Å². The van der Waals surface area contributed by atoms with Crippen LogP contribution in [0.3, 0.4) is 0 Å². The van der Waals surface area contributed by atoms with E-state index in [2.05, 4.69) is 6.08 Å². The Balaban J connectivity index is 1.39. The quantitative estimate of drug-likeness (QED) is 0.428. The first-order valence-electron chi connectivity index (χ1n) is 10.8. The number of hydrogen-bond donors (Lipinski definition) is 0. The van der Waals surface area contributed by atoms with Crippen LogP contribution in [0.5, 0.6) is 5.75 Å². The van der Waals surface area contributed by atoms with Crippen molar-refractivity contribution in [2.45, 2.75) is 12.8 Å². The molecule has 0 bridgehead atoms. The van der Waals surface area contributed by atoms with Crippen LogP contribution in [-0.2, 0) is 13.7 Å². The standard InChI is InChI=1S/C26H22O4P2/c27-31(25-15-7-3-11-21(25)19-9-1-5-13-23(19)29-31)17-18-32(28)26-16-8-4-12-22(26)20-10-2-6-14-24(20)30-32/h1,3-5,7-16H,2,6,17-18H2. The maximum absolute atomic E-state index is 14.2. The smallest absolute Gasteiger partial charge is 0.278 e. The molecule has 0 fully saturated rings. The predicted molar refractivity (Wildman–Crippen MR) is 130 cm³/mol. The Hall–Kier alpha value is -2.80. The van der Waals surface area contributed by atoms with Gasteiger partial charge in [-0.2, -0.15) is 0 Å². The summed E-state index contributed by atoms with van der Waals surface area (Å²) < 4.78 is 40.7. The summed E-state index contributed by atoms with van der Waals surface area (Å²) in [4.78, 5) is 0. The molecule has 0 spiro atoms. The van der Waals surface area contributed by atoms with Crippen molar-refractivity contribution in [1.29, 1.82) is 0 Å². The van der Waals surface area contributed by atoms with Crippen molar-refractivity contribution in [3.05, 3.63) is 96.3 Å². The Kier molecular flexibility index (Phi) is 4.57. The minimum Gasteiger partial charge on any atom is -0.439 e. The summed E-state index contributed by atoms with van der Waals surface area (Å²) in [5, 5.41) is 1.40. The summed E-state index contributed by atoms with van der Waals surface area (Å²) in [6.07, 6.45) is 6.28. The summed E-state index contributed by atoms with van der Waals surface area (Å²) >= 11 is 0. The zero-order valence-electron chi connectivity index (χ0n) is 17.4. The molecule has 3 aliphatic rings. The van der Waals surface area contributed by atoms with E-state index >= 15 is 0 Å². The van der Waals surface area contributed by atoms with Gasteiger partial charge in [-0.3, -0.25) is 9.13 Å². The Morgan fingerprint density at radius 2 is 1.19 bits per heavy atom. The molecular weight excluding hydrogens is 438 g/mol. The third kappa shape index (κ3) is 3.05. The predicted octanol–water partition coefficient (Wildman–Crippen LogP) is 6.34. The van der Waals surface area contributed by atoms with Gasteiger partial charge < -0.3 is 9.05 Å². The van der Waals surface area contributed by atoms with Crippen LogP contribution >= 0.6 is 14.7 Å². The molecule has 2 atom stereocenters. The van der Waals surface area contributed by atoms with E-state index in [0.29, 0.717) is 22.1 Å². The average molecular weight is 460 g/mol. The first-order valence-corrected chi connectivity index (χ1v) is 14.5. The molecule has 2 unspecified atom stereocenters. The molecular formula is C26H22O4P2. The average Bonchev–Trinajstić information content (AvgIpc) is 2.84. The largest absolute Gasteiger partial charge is 0.439 e. The van der Waals surface area contributed by atoms with E-state index in [4.69, 9.17) is 9.05 Å². The molecule has 0 radical (unpaired) electrons. The van der Waals surface area contributed by atoms with Gasteiger partial charge in [0.2, 0.25) is 0 Å². The molecule has 0 saturated carbocycles. The summed E-state index contributed by atoms with van der Waals surface area (Å²) in [5.74, 6) is 1.30. The first-order chi connectivity index (χ1) is 15.6. The van der Waals surface area contributed by atoms with Crippen molar-refractivity contribution in [2.24, 2.45) is 0 Å². The fourth-order valence-electron chi connectivity index (χ4n) is 4.76. The zero-order chi connectivity index (χ0) is 21.8. The Bertz CT molecular complexity index is 1400. The molecule has 0 aromatic heterocycles. The van der Waals surface area contributed by atoms with Crippen molar-refractivity contribution in [3.8, 4) is 16.9 Å². The number of benzene rings is 3. The molecule has 2 aliphatic heterocycles. The van der Waals surface area contributed by atoms with Crippen molar-refractivity contribution in [2.75, 3.05) is 12.3 Å². The van der Waals surface area contributed by atoms with Crippen LogP contribution in [0.1, 0.15) is 18.4 Å². The maximum atomic E-state index is 14.2. The van der Waals surface area contributed by atoms with Crippen molar-refractivity contribution in [3.63, 3.8) is 0 Å². The lowest BCUT2D eigenvalue weighted by Crippen LogP contribution is -2.25. The summed E-state index contributed by atoms with van der Waals surface area (Å²) in [7, 11) is -6.54. The van der Waals surface area contributed by atoms with E-state index < -0.39 is 14.7 Å². The molecule has 0 saturated heterocycles. The molecule has 3 aromatic carbocycles. The minimum atomic E-state index is -3.28. The summed E-state index contributed by atoms with van der Waals surface area (Å²) in [6, 6.07) is 23.0. The normalized spacial score (nSPS) is 25.0. The van der Waals surface area contributed by atoms with Gasteiger partial charge in [-0.15, -0.1) is 0 Å². The molecule has 0 amide bonds. The lowest BCUT2D eigenvalue weighted by molar-refractivity contribution is 0.422. The maximum Gasteiger partial charge on any atom is 0.278 e. The summed E-state index contributed by atoms with van der Waals surface area (Å²) in [6.45, 7) is 0. The fraction of sp³-hybridized carbons (Fsp3) is 0.154. The van der Waals surface area contributed by atoms with Crippen LogP contribution < -0.4 is 15.1 Å². The number of allylic oxidation sites excluding steroid dienone is 3. The van der Waals surface area contributed by atoms with Gasteiger partial charge in [0, 0.05) is 23.5 Å². The second-order valence-electron chi connectivity index (χ2n) is 8.27. The molecule has 1 aliphatic carbocycles. The van der Waals surface area contributed by atoms with Gasteiger partial charge in [0.1, 0.15) is 11.5 Å². The Labute approximate surface area is 187 Å². The lowest BCUT2D eigenvalue weighted by Gasteiger charge is -2.33. The van der Waals surface area contributed by atoms with E-state index in [1.807, 2.05) is 78.9 Å². The van der Waals surface area contributed by atoms with Gasteiger partial charge in [0.05, 0.1) is 10.6 Å². The number of rotatable bonds is 3. The lowest BCUT2D eigenvalue weighted by atomic mass is 9.98. The topological polar surface area (TPSA) is 52.6 Å². The third-order valence-corrected chi connectivity index (χ3v) is 11.5. The molecule has 6 rings (SSSR count). The van der Waals surface area contributed by atoms with Crippen LogP contribution in [0.4, 0.5) is 0 Å². The molecule has 3 aromatic rings. The molecule has 0 N–H and O–H groups in total. The van der Waals surface area contributed by atoms with Crippen LogP contribution in [-0.4, -0.2) is 12.3 Å². The Morgan fingerprint density at radius 1 is 0.625 bits per heavy atom. The van der Waals surface area contributed by atoms with Crippen LogP contribution in [0.2, 0.25) is 0 Å². The van der Waals surface area contributed by atoms with Crippen molar-refractivity contribution >= 4 is 30.9 Å². The van der Waals surface area contributed by atoms with E-state index in [1.165, 1.54) is 0 Å². The second-order valence-corrected chi connectivity index (χ2v) is 13.2. The van der Waals surface area contributed by atoms with E-state index in [1.54, 1.807) is 0 Å². The third-order valence-electron chi connectivity index (χ3n) is 6.30. The fourth-order valence-corrected chi connectivity index (χ4v) is 10.4. The molecule has 2 heterocycles. The number of hydrogen-bond acceptors (Lipinski definition) is 4. The van der Waals surface area contributed by atoms with Crippen LogP contribution in [0.15, 0.2) is 90.7 Å². The van der Waals surface area contributed by atoms with Crippen LogP contribution in [0, 0.1) is 0 Å². The van der Waals surface area contributed by atoms with Gasteiger partial charge in [0.15, 0.2) is 0 Å². The minimum absolute atomic E-state index is 0.149. The van der Waals surface area contributed by atoms with E-state index in [9.17, 15) is 9.13 Å². The second kappa shape index (κ2) is 7.37. The van der Waals surface area contributed by atoms with Crippen molar-refractivity contribution in [1.82, 2.24) is 0 Å². The molecule has 160 valence electrons. The van der Waals surface area contributed by atoms with Gasteiger partial charge in [-0.05, 0) is 48.2 Å². The van der Waals surface area contributed by atoms with E-state index in [0.717, 1.165) is 35.1 Å². The number of para-hydroxylation sites is 1. The van der Waals surface area contributed by atoms with Gasteiger partial charge in [-0.25, -0.2) is 0 Å². The summed E-state index contributed by atoms with van der Waals surface area (Å²) in [5.41, 5.74) is 3.82. The highest BCUT2D eigenvalue weighted by Crippen LogP contribution is 2.60. The number of fused-ring (bicyclic) bond motifs is 6. The highest BCUT2D eigenvalue weighted by molar-refractivity contribution is 7.71. The first kappa shape index (κ1) is 19.9. The molecule has 4 nitrogen and oxygen atoms in total. The zero-order valence-corrected chi connectivity index (χ0v) is 19.2. The van der Waals surface area contributed by atoms with Crippen molar-refractivity contribution < 1.29 is 18.2 Å². The van der Waals surface area contributed by atoms with Gasteiger partial charge >= 0.3 is 0 Å². The Morgan fingerprint density at radius 3 is 1.97 bits per heavy atom. The van der Waals surface area contributed by atoms with E-state index in [-0.39, 0.29) is 12.3 Å². The highest BCUT2D eigenvalue weighted by atomic mass is 31.2. The highest BCUT2D eigenvalue weighted by Gasteiger charge is 2.42.